The smallest absolute Gasteiger partial charge is 0.274 e. The van der Waals surface area contributed by atoms with E-state index in [1.54, 1.807) is 12.1 Å². The van der Waals surface area contributed by atoms with Gasteiger partial charge in [0.25, 0.3) is 5.91 Å². The first-order valence-corrected chi connectivity index (χ1v) is 7.05. The molecule has 0 fully saturated rings. The van der Waals surface area contributed by atoms with Crippen molar-refractivity contribution in [1.29, 1.82) is 0 Å². The van der Waals surface area contributed by atoms with Gasteiger partial charge in [0.05, 0.1) is 0 Å². The lowest BCUT2D eigenvalue weighted by Crippen LogP contribution is -2.15. The van der Waals surface area contributed by atoms with Crippen molar-refractivity contribution >= 4 is 28.8 Å². The van der Waals surface area contributed by atoms with Gasteiger partial charge in [-0.3, -0.25) is 9.78 Å². The highest BCUT2D eigenvalue weighted by atomic mass is 32.1. The number of nitrogens with two attached hydrogens (primary N) is 1. The number of anilines is 1. The second kappa shape index (κ2) is 6.45. The normalized spacial score (nSPS) is 10.4. The van der Waals surface area contributed by atoms with E-state index in [2.05, 4.69) is 24.1 Å². The SMILES string of the molecule is CC(C)c1cccc(NC(=O)c2ccc(C(N)=S)cn2)c1. The minimum absolute atomic E-state index is 0.259. The van der Waals surface area contributed by atoms with Crippen LogP contribution in [0.1, 0.15) is 41.4 Å². The third-order valence-corrected chi connectivity index (χ3v) is 3.33. The lowest BCUT2D eigenvalue weighted by atomic mass is 10.0. The molecule has 1 aromatic heterocycles. The fraction of sp³-hybridized carbons (Fsp3) is 0.188. The molecule has 0 aliphatic rings. The molecule has 0 radical (unpaired) electrons. The number of hydrogen-bond donors (Lipinski definition) is 2. The predicted octanol–water partition coefficient (Wildman–Crippen LogP) is 3.09. The van der Waals surface area contributed by atoms with Gasteiger partial charge in [0.15, 0.2) is 0 Å². The zero-order valence-electron chi connectivity index (χ0n) is 12.0. The number of amides is 1. The van der Waals surface area contributed by atoms with Crippen LogP contribution in [0.4, 0.5) is 5.69 Å². The molecular weight excluding hydrogens is 282 g/mol. The van der Waals surface area contributed by atoms with Gasteiger partial charge in [-0.2, -0.15) is 0 Å². The maximum Gasteiger partial charge on any atom is 0.274 e. The molecule has 3 N–H and O–H groups in total. The molecule has 108 valence electrons. The summed E-state index contributed by atoms with van der Waals surface area (Å²) < 4.78 is 0. The predicted molar refractivity (Wildman–Crippen MR) is 88.6 cm³/mol. The van der Waals surface area contributed by atoms with Crippen molar-refractivity contribution in [3.8, 4) is 0 Å². The minimum atomic E-state index is -0.259. The van der Waals surface area contributed by atoms with Crippen LogP contribution < -0.4 is 11.1 Å². The Bertz CT molecular complexity index is 665. The molecule has 0 aliphatic carbocycles. The third-order valence-electron chi connectivity index (χ3n) is 3.09. The summed E-state index contributed by atoms with van der Waals surface area (Å²) in [5.41, 5.74) is 8.39. The summed E-state index contributed by atoms with van der Waals surface area (Å²) in [5.74, 6) is 0.148. The van der Waals surface area contributed by atoms with E-state index in [9.17, 15) is 4.79 Å². The van der Waals surface area contributed by atoms with Crippen LogP contribution in [0.5, 0.6) is 0 Å². The lowest BCUT2D eigenvalue weighted by molar-refractivity contribution is 0.102. The highest BCUT2D eigenvalue weighted by Gasteiger charge is 2.09. The molecule has 1 aromatic carbocycles. The topological polar surface area (TPSA) is 68.0 Å². The van der Waals surface area contributed by atoms with Crippen LogP contribution >= 0.6 is 12.2 Å². The van der Waals surface area contributed by atoms with Crippen LogP contribution in [0.3, 0.4) is 0 Å². The fourth-order valence-corrected chi connectivity index (χ4v) is 1.97. The van der Waals surface area contributed by atoms with Gasteiger partial charge < -0.3 is 11.1 Å². The maximum atomic E-state index is 12.1. The van der Waals surface area contributed by atoms with Crippen molar-refractivity contribution in [3.63, 3.8) is 0 Å². The van der Waals surface area contributed by atoms with Gasteiger partial charge in [-0.05, 0) is 35.7 Å². The Balaban J connectivity index is 2.14. The first-order valence-electron chi connectivity index (χ1n) is 6.64. The number of hydrogen-bond acceptors (Lipinski definition) is 3. The number of benzene rings is 1. The number of thiocarbonyl (C=S) groups is 1. The molecular formula is C16H17N3OS. The molecule has 1 amide bonds. The first kappa shape index (κ1) is 15.1. The Morgan fingerprint density at radius 1 is 1.29 bits per heavy atom. The quantitative estimate of drug-likeness (QED) is 0.851. The molecule has 0 atom stereocenters. The van der Waals surface area contributed by atoms with Crippen molar-refractivity contribution in [2.24, 2.45) is 5.73 Å². The molecule has 0 aliphatic heterocycles. The van der Waals surface area contributed by atoms with Gasteiger partial charge in [-0.25, -0.2) is 0 Å². The number of aromatic nitrogens is 1. The molecule has 0 unspecified atom stereocenters. The van der Waals surface area contributed by atoms with Crippen LogP contribution in [0.15, 0.2) is 42.6 Å². The fourth-order valence-electron chi connectivity index (χ4n) is 1.84. The Morgan fingerprint density at radius 3 is 2.62 bits per heavy atom. The molecule has 0 bridgehead atoms. The van der Waals surface area contributed by atoms with Crippen molar-refractivity contribution in [1.82, 2.24) is 4.98 Å². The third kappa shape index (κ3) is 3.86. The number of pyridine rings is 1. The average Bonchev–Trinajstić information content (AvgIpc) is 2.47. The zero-order chi connectivity index (χ0) is 15.4. The van der Waals surface area contributed by atoms with E-state index in [4.69, 9.17) is 18.0 Å². The number of nitrogens with zero attached hydrogens (tertiary/aromatic N) is 1. The molecule has 0 saturated heterocycles. The van der Waals surface area contributed by atoms with Crippen molar-refractivity contribution < 1.29 is 4.79 Å². The highest BCUT2D eigenvalue weighted by molar-refractivity contribution is 7.80. The van der Waals surface area contributed by atoms with E-state index < -0.39 is 0 Å². The van der Waals surface area contributed by atoms with Crippen molar-refractivity contribution in [3.05, 3.63) is 59.4 Å². The molecule has 2 aromatic rings. The van der Waals surface area contributed by atoms with E-state index in [0.717, 1.165) is 5.69 Å². The Morgan fingerprint density at radius 2 is 2.05 bits per heavy atom. The van der Waals surface area contributed by atoms with Crippen molar-refractivity contribution in [2.75, 3.05) is 5.32 Å². The summed E-state index contributed by atoms with van der Waals surface area (Å²) in [6.07, 6.45) is 1.50. The standard InChI is InChI=1S/C16H17N3OS/c1-10(2)11-4-3-5-13(8-11)19-16(20)14-7-6-12(9-18-14)15(17)21/h3-10H,1-2H3,(H2,17,21)(H,19,20). The average molecular weight is 299 g/mol. The van der Waals surface area contributed by atoms with Crippen molar-refractivity contribution in [2.45, 2.75) is 19.8 Å². The largest absolute Gasteiger partial charge is 0.389 e. The van der Waals surface area contributed by atoms with Gasteiger partial charge in [0.1, 0.15) is 10.7 Å². The summed E-state index contributed by atoms with van der Waals surface area (Å²) in [5, 5.41) is 2.84. The van der Waals surface area contributed by atoms with Gasteiger partial charge in [-0.1, -0.05) is 38.2 Å². The van der Waals surface area contributed by atoms with Crippen LogP contribution in [-0.2, 0) is 0 Å². The second-order valence-corrected chi connectivity index (χ2v) is 5.47. The summed E-state index contributed by atoms with van der Waals surface area (Å²) in [6.45, 7) is 4.22. The highest BCUT2D eigenvalue weighted by Crippen LogP contribution is 2.18. The molecule has 5 heteroatoms. The summed E-state index contributed by atoms with van der Waals surface area (Å²) in [7, 11) is 0. The van der Waals surface area contributed by atoms with Crippen LogP contribution in [0, 0.1) is 0 Å². The number of carbonyl (C=O) groups excluding carboxylic acids is 1. The van der Waals surface area contributed by atoms with Gasteiger partial charge >= 0.3 is 0 Å². The molecule has 4 nitrogen and oxygen atoms in total. The van der Waals surface area contributed by atoms with Crippen LogP contribution in [0.2, 0.25) is 0 Å². The molecule has 0 spiro atoms. The Kier molecular flexibility index (Phi) is 4.65. The summed E-state index contributed by atoms with van der Waals surface area (Å²) >= 11 is 4.85. The minimum Gasteiger partial charge on any atom is -0.389 e. The van der Waals surface area contributed by atoms with Gasteiger partial charge in [0.2, 0.25) is 0 Å². The zero-order valence-corrected chi connectivity index (χ0v) is 12.8. The summed E-state index contributed by atoms with van der Waals surface area (Å²) in [6, 6.07) is 11.1. The molecule has 0 saturated carbocycles. The summed E-state index contributed by atoms with van der Waals surface area (Å²) in [4.78, 5) is 16.5. The molecule has 21 heavy (non-hydrogen) atoms. The monoisotopic (exact) mass is 299 g/mol. The number of carbonyl (C=O) groups is 1. The van der Waals surface area contributed by atoms with E-state index in [1.807, 2.05) is 24.3 Å². The molecule has 1 heterocycles. The second-order valence-electron chi connectivity index (χ2n) is 5.03. The van der Waals surface area contributed by atoms with E-state index in [0.29, 0.717) is 17.2 Å². The Hall–Kier alpha value is -2.27. The number of rotatable bonds is 4. The van der Waals surface area contributed by atoms with E-state index >= 15 is 0 Å². The first-order chi connectivity index (χ1) is 9.97. The number of nitrogens with one attached hydrogen (secondary N) is 1. The maximum absolute atomic E-state index is 12.1. The van der Waals surface area contributed by atoms with Gasteiger partial charge in [-0.15, -0.1) is 0 Å². The van der Waals surface area contributed by atoms with E-state index in [1.165, 1.54) is 11.8 Å². The molecule has 2 rings (SSSR count). The van der Waals surface area contributed by atoms with Gasteiger partial charge in [0, 0.05) is 17.4 Å². The lowest BCUT2D eigenvalue weighted by Gasteiger charge is -2.09. The Labute approximate surface area is 129 Å². The van der Waals surface area contributed by atoms with E-state index in [-0.39, 0.29) is 10.9 Å². The van der Waals surface area contributed by atoms with Crippen LogP contribution in [0.25, 0.3) is 0 Å². The van der Waals surface area contributed by atoms with Crippen LogP contribution in [-0.4, -0.2) is 15.9 Å².